The molecule has 0 saturated carbocycles. The van der Waals surface area contributed by atoms with Gasteiger partial charge in [0.1, 0.15) is 5.75 Å². The standard InChI is InChI=1S/C10H14O.C6H14N2.3C2H6/c1-7-5-8(2)10(11-4)9(3)6-7;1-6(2)7-4-5-8(6)3;3*1-2/h5-6H,1-4H3;7H,4-5H2,1-3H3;3*1-2H3. The Labute approximate surface area is 159 Å². The molecule has 0 atom stereocenters. The number of nitrogens with one attached hydrogen (secondary N) is 1. The number of aryl methyl sites for hydroxylation is 3. The van der Waals surface area contributed by atoms with Crippen LogP contribution in [0.1, 0.15) is 72.1 Å². The molecule has 1 aromatic carbocycles. The van der Waals surface area contributed by atoms with E-state index in [1.165, 1.54) is 23.2 Å². The number of ether oxygens (including phenoxy) is 1. The molecule has 25 heavy (non-hydrogen) atoms. The molecule has 1 saturated heterocycles. The first-order chi connectivity index (χ1) is 11.8. The van der Waals surface area contributed by atoms with Gasteiger partial charge in [0.25, 0.3) is 0 Å². The molecule has 1 heterocycles. The van der Waals surface area contributed by atoms with Crippen LogP contribution < -0.4 is 10.1 Å². The third-order valence-electron chi connectivity index (χ3n) is 3.77. The Morgan fingerprint density at radius 2 is 1.32 bits per heavy atom. The summed E-state index contributed by atoms with van der Waals surface area (Å²) in [4.78, 5) is 2.31. The molecule has 0 amide bonds. The van der Waals surface area contributed by atoms with E-state index in [-0.39, 0.29) is 5.66 Å². The van der Waals surface area contributed by atoms with Crippen molar-refractivity contribution >= 4 is 0 Å². The molecule has 0 aromatic heterocycles. The van der Waals surface area contributed by atoms with Gasteiger partial charge in [0.2, 0.25) is 0 Å². The van der Waals surface area contributed by atoms with E-state index in [9.17, 15) is 0 Å². The molecule has 0 radical (unpaired) electrons. The molecule has 3 heteroatoms. The highest BCUT2D eigenvalue weighted by molar-refractivity contribution is 5.42. The van der Waals surface area contributed by atoms with Crippen molar-refractivity contribution in [3.8, 4) is 5.75 Å². The lowest BCUT2D eigenvalue weighted by atomic mass is 10.1. The summed E-state index contributed by atoms with van der Waals surface area (Å²) in [6, 6.07) is 4.26. The lowest BCUT2D eigenvalue weighted by Crippen LogP contribution is -2.43. The first kappa shape index (κ1) is 28.7. The maximum atomic E-state index is 5.23. The van der Waals surface area contributed by atoms with Crippen molar-refractivity contribution in [3.63, 3.8) is 0 Å². The zero-order valence-electron chi connectivity index (χ0n) is 19.4. The largest absolute Gasteiger partial charge is 0.496 e. The molecule has 1 fully saturated rings. The Kier molecular flexibility index (Phi) is 18.9. The second-order valence-corrected chi connectivity index (χ2v) is 5.84. The Morgan fingerprint density at radius 1 is 0.920 bits per heavy atom. The van der Waals surface area contributed by atoms with Crippen molar-refractivity contribution in [3.05, 3.63) is 28.8 Å². The van der Waals surface area contributed by atoms with Crippen LogP contribution in [0.3, 0.4) is 0 Å². The minimum atomic E-state index is 0.236. The van der Waals surface area contributed by atoms with E-state index in [0.29, 0.717) is 0 Å². The molecular weight excluding hydrogens is 308 g/mol. The van der Waals surface area contributed by atoms with Gasteiger partial charge >= 0.3 is 0 Å². The van der Waals surface area contributed by atoms with E-state index in [4.69, 9.17) is 4.74 Å². The second-order valence-electron chi connectivity index (χ2n) is 5.84. The third kappa shape index (κ3) is 11.2. The molecule has 0 bridgehead atoms. The van der Waals surface area contributed by atoms with Crippen molar-refractivity contribution in [1.29, 1.82) is 0 Å². The maximum absolute atomic E-state index is 5.23. The highest BCUT2D eigenvalue weighted by Gasteiger charge is 2.27. The van der Waals surface area contributed by atoms with Gasteiger partial charge in [-0.2, -0.15) is 0 Å². The van der Waals surface area contributed by atoms with Gasteiger partial charge in [0, 0.05) is 13.1 Å². The molecular formula is C22H46N2O. The average Bonchev–Trinajstić information content (AvgIpc) is 2.90. The van der Waals surface area contributed by atoms with Crippen LogP contribution in [0.2, 0.25) is 0 Å². The first-order valence-corrected chi connectivity index (χ1v) is 9.86. The molecule has 1 N–H and O–H groups in total. The van der Waals surface area contributed by atoms with E-state index in [1.54, 1.807) is 7.11 Å². The van der Waals surface area contributed by atoms with Crippen molar-refractivity contribution in [2.75, 3.05) is 27.2 Å². The van der Waals surface area contributed by atoms with Gasteiger partial charge in [0.15, 0.2) is 0 Å². The van der Waals surface area contributed by atoms with Crippen LogP contribution in [0.5, 0.6) is 5.75 Å². The van der Waals surface area contributed by atoms with E-state index in [1.807, 2.05) is 41.5 Å². The molecule has 2 rings (SSSR count). The highest BCUT2D eigenvalue weighted by Crippen LogP contribution is 2.23. The minimum Gasteiger partial charge on any atom is -0.496 e. The monoisotopic (exact) mass is 354 g/mol. The summed E-state index contributed by atoms with van der Waals surface area (Å²) >= 11 is 0. The number of hydrogen-bond acceptors (Lipinski definition) is 3. The van der Waals surface area contributed by atoms with E-state index >= 15 is 0 Å². The zero-order valence-corrected chi connectivity index (χ0v) is 19.4. The van der Waals surface area contributed by atoms with Gasteiger partial charge in [-0.15, -0.1) is 0 Å². The zero-order chi connectivity index (χ0) is 20.6. The van der Waals surface area contributed by atoms with E-state index < -0.39 is 0 Å². The summed E-state index contributed by atoms with van der Waals surface area (Å²) in [7, 11) is 3.85. The molecule has 0 spiro atoms. The van der Waals surface area contributed by atoms with Gasteiger partial charge in [-0.3, -0.25) is 10.2 Å². The van der Waals surface area contributed by atoms with Crippen LogP contribution in [0.25, 0.3) is 0 Å². The lowest BCUT2D eigenvalue weighted by Gasteiger charge is -2.26. The van der Waals surface area contributed by atoms with Gasteiger partial charge in [-0.1, -0.05) is 59.2 Å². The van der Waals surface area contributed by atoms with Gasteiger partial charge in [0.05, 0.1) is 12.8 Å². The Bertz CT molecular complexity index is 405. The van der Waals surface area contributed by atoms with Gasteiger partial charge in [-0.05, 0) is 52.8 Å². The number of hydrogen-bond donors (Lipinski definition) is 1. The minimum absolute atomic E-state index is 0.236. The number of likely N-dealkylation sites (N-methyl/N-ethyl adjacent to an activating group) is 1. The fourth-order valence-corrected chi connectivity index (χ4v) is 2.43. The van der Waals surface area contributed by atoms with Crippen LogP contribution >= 0.6 is 0 Å². The summed E-state index contributed by atoms with van der Waals surface area (Å²) in [6.45, 7) is 24.9. The predicted molar refractivity (Wildman–Crippen MR) is 116 cm³/mol. The van der Waals surface area contributed by atoms with Gasteiger partial charge in [-0.25, -0.2) is 0 Å². The quantitative estimate of drug-likeness (QED) is 0.673. The Balaban J connectivity index is -0.000000305. The molecule has 1 aliphatic heterocycles. The third-order valence-corrected chi connectivity index (χ3v) is 3.77. The van der Waals surface area contributed by atoms with Crippen LogP contribution in [-0.4, -0.2) is 37.8 Å². The van der Waals surface area contributed by atoms with Crippen LogP contribution in [0.4, 0.5) is 0 Å². The highest BCUT2D eigenvalue weighted by atomic mass is 16.5. The second kappa shape index (κ2) is 16.4. The van der Waals surface area contributed by atoms with E-state index in [2.05, 4.69) is 64.0 Å². The van der Waals surface area contributed by atoms with Crippen molar-refractivity contribution in [2.24, 2.45) is 0 Å². The molecule has 0 unspecified atom stereocenters. The molecule has 1 aromatic rings. The van der Waals surface area contributed by atoms with Crippen molar-refractivity contribution < 1.29 is 4.74 Å². The molecule has 3 nitrogen and oxygen atoms in total. The van der Waals surface area contributed by atoms with Gasteiger partial charge < -0.3 is 4.74 Å². The number of benzene rings is 1. The first-order valence-electron chi connectivity index (χ1n) is 9.86. The fourth-order valence-electron chi connectivity index (χ4n) is 2.43. The van der Waals surface area contributed by atoms with Crippen molar-refractivity contribution in [1.82, 2.24) is 10.2 Å². The van der Waals surface area contributed by atoms with E-state index in [0.717, 1.165) is 12.3 Å². The predicted octanol–water partition coefficient (Wildman–Crippen LogP) is 5.96. The Morgan fingerprint density at radius 3 is 1.52 bits per heavy atom. The topological polar surface area (TPSA) is 24.5 Å². The average molecular weight is 355 g/mol. The lowest BCUT2D eigenvalue weighted by molar-refractivity contribution is 0.197. The number of nitrogens with zero attached hydrogens (tertiary/aromatic N) is 1. The summed E-state index contributed by atoms with van der Waals surface area (Å²) in [5.74, 6) is 1.01. The fraction of sp³-hybridized carbons (Fsp3) is 0.727. The summed E-state index contributed by atoms with van der Waals surface area (Å²) in [6.07, 6.45) is 0. The SMILES string of the molecule is CC.CC.CC.CN1CCNC1(C)C.COc1c(C)cc(C)cc1C. The normalized spacial score (nSPS) is 14.3. The van der Waals surface area contributed by atoms with Crippen LogP contribution in [0, 0.1) is 20.8 Å². The van der Waals surface area contributed by atoms with Crippen LogP contribution in [0.15, 0.2) is 12.1 Å². The number of rotatable bonds is 1. The summed E-state index contributed by atoms with van der Waals surface area (Å²) < 4.78 is 5.23. The summed E-state index contributed by atoms with van der Waals surface area (Å²) in [5, 5.41) is 3.37. The molecule has 150 valence electrons. The molecule has 0 aliphatic carbocycles. The smallest absolute Gasteiger partial charge is 0.124 e. The maximum Gasteiger partial charge on any atom is 0.124 e. The number of methoxy groups -OCH3 is 1. The molecule has 1 aliphatic rings. The summed E-state index contributed by atoms with van der Waals surface area (Å²) in [5.41, 5.74) is 3.95. The van der Waals surface area contributed by atoms with Crippen LogP contribution in [-0.2, 0) is 0 Å². The van der Waals surface area contributed by atoms with Crippen molar-refractivity contribution in [2.45, 2.75) is 81.8 Å². The Hall–Kier alpha value is -1.06.